The van der Waals surface area contributed by atoms with Crippen LogP contribution in [0.4, 0.5) is 0 Å². The van der Waals surface area contributed by atoms with Crippen LogP contribution in [-0.4, -0.2) is 19.8 Å². The van der Waals surface area contributed by atoms with Gasteiger partial charge in [0.25, 0.3) is 0 Å². The van der Waals surface area contributed by atoms with Gasteiger partial charge >= 0.3 is 44.4 Å². The minimum absolute atomic E-state index is 0.483. The van der Waals surface area contributed by atoms with Gasteiger partial charge in [-0.3, -0.25) is 0 Å². The molecule has 1 aliphatic rings. The minimum atomic E-state index is 0.483. The average Bonchev–Trinajstić information content (AvgIpc) is 1.72. The molecule has 0 N–H and O–H groups in total. The maximum atomic E-state index is 2.52. The van der Waals surface area contributed by atoms with Crippen LogP contribution in [0.15, 0.2) is 0 Å². The summed E-state index contributed by atoms with van der Waals surface area (Å²) in [5, 5.41) is 1.57. The monoisotopic (exact) mass is 143 g/mol. The van der Waals surface area contributed by atoms with Gasteiger partial charge in [0.2, 0.25) is 0 Å². The average molecular weight is 142 g/mol. The molecule has 0 aromatic rings. The summed E-state index contributed by atoms with van der Waals surface area (Å²) in [6, 6.07) is 0. The second-order valence-electron chi connectivity index (χ2n) is 1.65. The molecule has 6 heavy (non-hydrogen) atoms. The van der Waals surface area contributed by atoms with Crippen molar-refractivity contribution in [3.63, 3.8) is 0 Å². The molecule has 0 unspecified atom stereocenters. The van der Waals surface area contributed by atoms with Crippen LogP contribution in [0, 0.1) is 0 Å². The van der Waals surface area contributed by atoms with Gasteiger partial charge in [-0.1, -0.05) is 0 Å². The molecule has 0 saturated carbocycles. The first-order valence-electron chi connectivity index (χ1n) is 2.55. The molecular formula is C5H9Ge. The van der Waals surface area contributed by atoms with E-state index < -0.39 is 0 Å². The van der Waals surface area contributed by atoms with Crippen LogP contribution in [0.25, 0.3) is 0 Å². The van der Waals surface area contributed by atoms with Crippen molar-refractivity contribution in [2.24, 2.45) is 0 Å². The standard InChI is InChI=1S/C5H9Ge/c1-2-4-6-5-3-1/h4H,1-3,5H2. The van der Waals surface area contributed by atoms with Crippen LogP contribution in [-0.2, 0) is 0 Å². The molecule has 0 amide bonds. The third-order valence-electron chi connectivity index (χ3n) is 1.06. The van der Waals surface area contributed by atoms with Gasteiger partial charge in [-0.2, -0.15) is 0 Å². The van der Waals surface area contributed by atoms with E-state index in [2.05, 4.69) is 4.85 Å². The topological polar surface area (TPSA) is 0 Å². The SMILES string of the molecule is [CH]1=[Ge][CH2]CCC1. The van der Waals surface area contributed by atoms with Crippen LogP contribution in [0.5, 0.6) is 0 Å². The van der Waals surface area contributed by atoms with Crippen LogP contribution in [0.1, 0.15) is 19.3 Å². The van der Waals surface area contributed by atoms with Crippen LogP contribution < -0.4 is 0 Å². The van der Waals surface area contributed by atoms with Crippen molar-refractivity contribution in [3.05, 3.63) is 0 Å². The first-order valence-corrected chi connectivity index (χ1v) is 5.25. The molecule has 1 aliphatic heterocycles. The third kappa shape index (κ3) is 1.25. The number of hydrogen-bond donors (Lipinski definition) is 0. The Labute approximate surface area is 44.9 Å². The fourth-order valence-corrected chi connectivity index (χ4v) is 2.92. The summed E-state index contributed by atoms with van der Waals surface area (Å²) in [6.45, 7) is 0. The Hall–Kier alpha value is 0.413. The molecule has 0 bridgehead atoms. The predicted octanol–water partition coefficient (Wildman–Crippen LogP) is 1.09. The molecular weight excluding hydrogens is 133 g/mol. The van der Waals surface area contributed by atoms with Crippen LogP contribution in [0.3, 0.4) is 0 Å². The first-order chi connectivity index (χ1) is 3.00. The summed E-state index contributed by atoms with van der Waals surface area (Å²) in [6.07, 6.45) is 4.43. The van der Waals surface area contributed by atoms with E-state index in [1.807, 2.05) is 0 Å². The number of hydrogen-bond acceptors (Lipinski definition) is 0. The molecule has 1 heteroatoms. The van der Waals surface area contributed by atoms with Gasteiger partial charge in [-0.15, -0.1) is 0 Å². The molecule has 0 aromatic heterocycles. The second-order valence-corrected chi connectivity index (χ2v) is 4.42. The van der Waals surface area contributed by atoms with Gasteiger partial charge in [0.05, 0.1) is 0 Å². The van der Waals surface area contributed by atoms with Crippen molar-refractivity contribution in [1.82, 2.24) is 0 Å². The van der Waals surface area contributed by atoms with Crippen molar-refractivity contribution >= 4 is 19.8 Å². The Kier molecular flexibility index (Phi) is 1.95. The molecule has 0 spiro atoms. The summed E-state index contributed by atoms with van der Waals surface area (Å²) >= 11 is 0.483. The Balaban J connectivity index is 2.26. The van der Waals surface area contributed by atoms with Crippen molar-refractivity contribution in [2.75, 3.05) is 0 Å². The van der Waals surface area contributed by atoms with Crippen molar-refractivity contribution < 1.29 is 0 Å². The normalized spacial score (nSPS) is 21.3. The predicted molar refractivity (Wildman–Crippen MR) is 30.5 cm³/mol. The summed E-state index contributed by atoms with van der Waals surface area (Å²) in [7, 11) is 0. The van der Waals surface area contributed by atoms with Gasteiger partial charge in [-0.25, -0.2) is 0 Å². The Morgan fingerprint density at radius 2 is 2.33 bits per heavy atom. The quantitative estimate of drug-likeness (QED) is 0.444. The van der Waals surface area contributed by atoms with Crippen LogP contribution in [0.2, 0.25) is 5.25 Å². The molecule has 33 valence electrons. The van der Waals surface area contributed by atoms with Gasteiger partial charge in [-0.05, 0) is 0 Å². The van der Waals surface area contributed by atoms with Crippen molar-refractivity contribution in [2.45, 2.75) is 24.5 Å². The molecule has 0 aliphatic carbocycles. The van der Waals surface area contributed by atoms with E-state index in [0.717, 1.165) is 0 Å². The van der Waals surface area contributed by atoms with Gasteiger partial charge in [0.1, 0.15) is 0 Å². The van der Waals surface area contributed by atoms with E-state index in [1.165, 1.54) is 19.3 Å². The molecule has 0 saturated heterocycles. The van der Waals surface area contributed by atoms with Gasteiger partial charge in [0.15, 0.2) is 0 Å². The fraction of sp³-hybridized carbons (Fsp3) is 0.800. The van der Waals surface area contributed by atoms with E-state index in [1.54, 1.807) is 5.25 Å². The fourth-order valence-electron chi connectivity index (χ4n) is 0.678. The summed E-state index contributed by atoms with van der Waals surface area (Å²) in [5.41, 5.74) is 0. The van der Waals surface area contributed by atoms with Gasteiger partial charge < -0.3 is 0 Å². The van der Waals surface area contributed by atoms with E-state index in [4.69, 9.17) is 0 Å². The molecule has 0 atom stereocenters. The Morgan fingerprint density at radius 3 is 2.50 bits per heavy atom. The molecule has 1 heterocycles. The zero-order valence-electron chi connectivity index (χ0n) is 3.91. The zero-order chi connectivity index (χ0) is 4.24. The second kappa shape index (κ2) is 2.56. The molecule has 0 aromatic carbocycles. The van der Waals surface area contributed by atoms with E-state index in [9.17, 15) is 0 Å². The summed E-state index contributed by atoms with van der Waals surface area (Å²) in [5.74, 6) is 0. The first kappa shape index (κ1) is 4.57. The zero-order valence-corrected chi connectivity index (χ0v) is 6.00. The maximum absolute atomic E-state index is 2.52. The molecule has 0 fully saturated rings. The van der Waals surface area contributed by atoms with Gasteiger partial charge in [0, 0.05) is 0 Å². The van der Waals surface area contributed by atoms with E-state index in [0.29, 0.717) is 15.0 Å². The molecule has 0 nitrogen and oxygen atoms in total. The summed E-state index contributed by atoms with van der Waals surface area (Å²) in [4.78, 5) is 2.52. The Morgan fingerprint density at radius 1 is 1.33 bits per heavy atom. The Bertz CT molecular complexity index is 49.0. The molecule has 1 radical (unpaired) electrons. The molecule has 1 rings (SSSR count). The summed E-state index contributed by atoms with van der Waals surface area (Å²) < 4.78 is 0. The van der Waals surface area contributed by atoms with Crippen LogP contribution >= 0.6 is 0 Å². The number of rotatable bonds is 0. The van der Waals surface area contributed by atoms with E-state index >= 15 is 0 Å². The van der Waals surface area contributed by atoms with Crippen molar-refractivity contribution in [1.29, 1.82) is 0 Å². The third-order valence-corrected chi connectivity index (χ3v) is 3.62. The van der Waals surface area contributed by atoms with Crippen molar-refractivity contribution in [3.8, 4) is 0 Å². The van der Waals surface area contributed by atoms with E-state index in [-0.39, 0.29) is 0 Å².